The van der Waals surface area contributed by atoms with E-state index in [2.05, 4.69) is 15.8 Å². The molecule has 0 radical (unpaired) electrons. The summed E-state index contributed by atoms with van der Waals surface area (Å²) in [6.45, 7) is 3.85. The van der Waals surface area contributed by atoms with Crippen LogP contribution in [0.5, 0.6) is 0 Å². The lowest BCUT2D eigenvalue weighted by atomic mass is 10.0. The van der Waals surface area contributed by atoms with Gasteiger partial charge in [0.2, 0.25) is 5.91 Å². The molecule has 0 saturated carbocycles. The fraction of sp³-hybridized carbons (Fsp3) is 0.227. The van der Waals surface area contributed by atoms with Crippen LogP contribution in [-0.4, -0.2) is 40.0 Å². The fourth-order valence-electron chi connectivity index (χ4n) is 3.27. The monoisotopic (exact) mass is 472 g/mol. The highest BCUT2D eigenvalue weighted by atomic mass is 32.2. The molecule has 7 nitrogen and oxygen atoms in total. The van der Waals surface area contributed by atoms with Gasteiger partial charge in [0.15, 0.2) is 10.8 Å². The Hall–Kier alpha value is -3.11. The number of fused-ring (bicyclic) bond motifs is 1. The zero-order valence-corrected chi connectivity index (χ0v) is 19.1. The Labute approximate surface area is 193 Å². The number of thioether (sulfide) groups is 1. The minimum absolute atomic E-state index is 0.131. The molecule has 32 heavy (non-hydrogen) atoms. The van der Waals surface area contributed by atoms with E-state index in [1.165, 1.54) is 35.2 Å². The third-order valence-corrected chi connectivity index (χ3v) is 6.99. The Balaban J connectivity index is 1.49. The van der Waals surface area contributed by atoms with Crippen LogP contribution in [0.1, 0.15) is 24.2 Å². The first-order valence-electron chi connectivity index (χ1n) is 9.88. The van der Waals surface area contributed by atoms with Gasteiger partial charge >= 0.3 is 5.97 Å². The molecule has 0 aliphatic carbocycles. The molecule has 0 bridgehead atoms. The summed E-state index contributed by atoms with van der Waals surface area (Å²) in [5.74, 6) is -0.265. The molecule has 1 amide bonds. The van der Waals surface area contributed by atoms with E-state index in [9.17, 15) is 14.0 Å². The Morgan fingerprint density at radius 3 is 2.84 bits per heavy atom. The van der Waals surface area contributed by atoms with Gasteiger partial charge < -0.3 is 10.1 Å². The number of amidine groups is 1. The van der Waals surface area contributed by atoms with Gasteiger partial charge in [0.25, 0.3) is 0 Å². The SMILES string of the molecule is CCOC(=O)c1c(-c2ccc(F)cc2)csc1NC(=O)CSC1(C)NN=C2C=CC=CN21. The maximum atomic E-state index is 13.3. The van der Waals surface area contributed by atoms with Crippen molar-refractivity contribution in [3.05, 3.63) is 65.5 Å². The summed E-state index contributed by atoms with van der Waals surface area (Å²) in [7, 11) is 0. The number of carbonyl (C=O) groups excluding carboxylic acids is 2. The highest BCUT2D eigenvalue weighted by molar-refractivity contribution is 8.01. The van der Waals surface area contributed by atoms with Gasteiger partial charge in [-0.25, -0.2) is 9.18 Å². The molecule has 10 heteroatoms. The van der Waals surface area contributed by atoms with Crippen LogP contribution >= 0.6 is 23.1 Å². The van der Waals surface area contributed by atoms with Gasteiger partial charge in [-0.05, 0) is 43.7 Å². The Bertz CT molecular complexity index is 1130. The van der Waals surface area contributed by atoms with E-state index in [4.69, 9.17) is 4.74 Å². The predicted octanol–water partition coefficient (Wildman–Crippen LogP) is 4.38. The number of nitrogens with zero attached hydrogens (tertiary/aromatic N) is 2. The summed E-state index contributed by atoms with van der Waals surface area (Å²) in [5.41, 5.74) is 4.58. The molecule has 1 unspecified atom stereocenters. The van der Waals surface area contributed by atoms with Gasteiger partial charge in [-0.1, -0.05) is 18.2 Å². The smallest absolute Gasteiger partial charge is 0.341 e. The average molecular weight is 473 g/mol. The summed E-state index contributed by atoms with van der Waals surface area (Å²) in [6.07, 6.45) is 7.58. The van der Waals surface area contributed by atoms with E-state index in [1.54, 1.807) is 24.4 Å². The molecular formula is C22H21FN4O3S2. The van der Waals surface area contributed by atoms with Gasteiger partial charge in [0, 0.05) is 17.1 Å². The number of esters is 1. The van der Waals surface area contributed by atoms with Crippen molar-refractivity contribution in [1.82, 2.24) is 10.3 Å². The Kier molecular flexibility index (Phi) is 6.33. The van der Waals surface area contributed by atoms with Crippen LogP contribution in [0.25, 0.3) is 11.1 Å². The standard InChI is InChI=1S/C22H21FN4O3S2/c1-3-30-21(29)19-16(14-7-9-15(23)10-8-14)12-31-20(19)24-18(28)13-32-22(2)26-25-17-6-4-5-11-27(17)22/h4-12,26H,3,13H2,1-2H3,(H,24,28). The maximum absolute atomic E-state index is 13.3. The second-order valence-corrected chi connectivity index (χ2v) is 9.30. The number of hydrogen-bond donors (Lipinski definition) is 2. The molecule has 2 aliphatic heterocycles. The van der Waals surface area contributed by atoms with E-state index in [0.29, 0.717) is 16.1 Å². The van der Waals surface area contributed by atoms with Crippen molar-refractivity contribution in [2.75, 3.05) is 17.7 Å². The number of nitrogens with one attached hydrogen (secondary N) is 2. The zero-order chi connectivity index (χ0) is 22.7. The van der Waals surface area contributed by atoms with Gasteiger partial charge in [-0.15, -0.1) is 23.1 Å². The highest BCUT2D eigenvalue weighted by Crippen LogP contribution is 2.37. The summed E-state index contributed by atoms with van der Waals surface area (Å²) >= 11 is 2.61. The zero-order valence-electron chi connectivity index (χ0n) is 17.4. The van der Waals surface area contributed by atoms with E-state index in [1.807, 2.05) is 36.3 Å². The van der Waals surface area contributed by atoms with Gasteiger partial charge in [0.1, 0.15) is 16.4 Å². The first-order valence-corrected chi connectivity index (χ1v) is 11.7. The highest BCUT2D eigenvalue weighted by Gasteiger charge is 2.38. The largest absolute Gasteiger partial charge is 0.462 e. The van der Waals surface area contributed by atoms with Crippen LogP contribution in [-0.2, 0) is 9.53 Å². The molecule has 2 N–H and O–H groups in total. The van der Waals surface area contributed by atoms with E-state index in [0.717, 1.165) is 5.84 Å². The van der Waals surface area contributed by atoms with Gasteiger partial charge in [0.05, 0.1) is 12.4 Å². The maximum Gasteiger partial charge on any atom is 0.341 e. The Morgan fingerprint density at radius 1 is 1.31 bits per heavy atom. The summed E-state index contributed by atoms with van der Waals surface area (Å²) in [6, 6.07) is 5.83. The molecule has 3 heterocycles. The molecule has 4 rings (SSSR count). The number of amides is 1. The van der Waals surface area contributed by atoms with E-state index >= 15 is 0 Å². The number of allylic oxidation sites excluding steroid dienone is 2. The third-order valence-electron chi connectivity index (χ3n) is 4.84. The second-order valence-electron chi connectivity index (χ2n) is 7.05. The summed E-state index contributed by atoms with van der Waals surface area (Å²) in [5, 5.41) is 9.28. The second kappa shape index (κ2) is 9.17. The molecule has 2 aromatic rings. The van der Waals surface area contributed by atoms with E-state index < -0.39 is 11.0 Å². The molecule has 166 valence electrons. The number of hydrogen-bond acceptors (Lipinski definition) is 8. The minimum atomic E-state index is -0.605. The predicted molar refractivity (Wildman–Crippen MR) is 126 cm³/mol. The summed E-state index contributed by atoms with van der Waals surface area (Å²) < 4.78 is 18.5. The average Bonchev–Trinajstić information content (AvgIpc) is 3.35. The van der Waals surface area contributed by atoms with Crippen molar-refractivity contribution >= 4 is 45.8 Å². The van der Waals surface area contributed by atoms with Gasteiger partial charge in [-0.2, -0.15) is 5.10 Å². The van der Waals surface area contributed by atoms with Crippen LogP contribution < -0.4 is 10.7 Å². The quantitative estimate of drug-likeness (QED) is 0.582. The number of rotatable bonds is 7. The van der Waals surface area contributed by atoms with Crippen LogP contribution in [0.2, 0.25) is 0 Å². The number of halogens is 1. The lowest BCUT2D eigenvalue weighted by Gasteiger charge is -2.33. The molecule has 0 spiro atoms. The molecule has 2 aliphatic rings. The molecule has 0 fully saturated rings. The number of benzene rings is 1. The third kappa shape index (κ3) is 4.42. The van der Waals surface area contributed by atoms with E-state index in [-0.39, 0.29) is 29.6 Å². The summed E-state index contributed by atoms with van der Waals surface area (Å²) in [4.78, 5) is 26.8. The van der Waals surface area contributed by atoms with Crippen LogP contribution in [0.3, 0.4) is 0 Å². The van der Waals surface area contributed by atoms with Crippen molar-refractivity contribution < 1.29 is 18.7 Å². The molecule has 1 aromatic heterocycles. The number of ether oxygens (including phenoxy) is 1. The fourth-order valence-corrected chi connectivity index (χ4v) is 5.13. The Morgan fingerprint density at radius 2 is 2.09 bits per heavy atom. The topological polar surface area (TPSA) is 83.0 Å². The lowest BCUT2D eigenvalue weighted by Crippen LogP contribution is -2.46. The van der Waals surface area contributed by atoms with Crippen LogP contribution in [0, 0.1) is 5.82 Å². The van der Waals surface area contributed by atoms with Crippen molar-refractivity contribution in [1.29, 1.82) is 0 Å². The van der Waals surface area contributed by atoms with Crippen molar-refractivity contribution in [3.8, 4) is 11.1 Å². The van der Waals surface area contributed by atoms with Crippen LogP contribution in [0.4, 0.5) is 9.39 Å². The number of thiophene rings is 1. The van der Waals surface area contributed by atoms with Crippen molar-refractivity contribution in [2.45, 2.75) is 18.8 Å². The number of hydrazone groups is 1. The molecule has 1 atom stereocenters. The first kappa shape index (κ1) is 22.1. The molecule has 1 aromatic carbocycles. The minimum Gasteiger partial charge on any atom is -0.462 e. The van der Waals surface area contributed by atoms with Crippen molar-refractivity contribution in [3.63, 3.8) is 0 Å². The number of anilines is 1. The van der Waals surface area contributed by atoms with Crippen LogP contribution in [0.15, 0.2) is 59.2 Å². The lowest BCUT2D eigenvalue weighted by molar-refractivity contribution is -0.113. The first-order chi connectivity index (χ1) is 15.4. The van der Waals surface area contributed by atoms with Gasteiger partial charge in [-0.3, -0.25) is 15.1 Å². The number of carbonyl (C=O) groups is 2. The molecule has 0 saturated heterocycles. The normalized spacial score (nSPS) is 18.7. The molecular weight excluding hydrogens is 451 g/mol. The van der Waals surface area contributed by atoms with Crippen molar-refractivity contribution in [2.24, 2.45) is 5.10 Å².